The van der Waals surface area contributed by atoms with Gasteiger partial charge in [-0.3, -0.25) is 14.5 Å². The first-order valence-corrected chi connectivity index (χ1v) is 9.98. The highest BCUT2D eigenvalue weighted by Gasteiger charge is 2.26. The van der Waals surface area contributed by atoms with E-state index in [1.54, 1.807) is 6.20 Å². The van der Waals surface area contributed by atoms with E-state index in [9.17, 15) is 0 Å². The Hall–Kier alpha value is -3.77. The number of hydrogen-bond acceptors (Lipinski definition) is 5. The lowest BCUT2D eigenvalue weighted by Gasteiger charge is -2.30. The van der Waals surface area contributed by atoms with Gasteiger partial charge in [-0.1, -0.05) is 6.07 Å². The Bertz CT molecular complexity index is 1240. The number of nitrogens with zero attached hydrogens (tertiary/aromatic N) is 6. The maximum atomic E-state index is 8.36. The number of imidazole rings is 1. The summed E-state index contributed by atoms with van der Waals surface area (Å²) in [5.41, 5.74) is 3.41. The molecule has 1 aliphatic heterocycles. The fraction of sp³-hybridized carbons (Fsp3) is 0.318. The second-order valence-electron chi connectivity index (χ2n) is 7.37. The number of hydrogen-bond donors (Lipinski definition) is 1. The van der Waals surface area contributed by atoms with Crippen LogP contribution in [0.1, 0.15) is 31.6 Å². The maximum Gasteiger partial charge on any atom is 0.290 e. The average molecular weight is 418 g/mol. The number of pyridine rings is 1. The van der Waals surface area contributed by atoms with Gasteiger partial charge in [0, 0.05) is 30.4 Å². The van der Waals surface area contributed by atoms with Gasteiger partial charge in [0.25, 0.3) is 6.47 Å². The molecule has 158 valence electrons. The van der Waals surface area contributed by atoms with Crippen molar-refractivity contribution in [1.29, 1.82) is 0 Å². The molecule has 0 bridgehead atoms. The van der Waals surface area contributed by atoms with Crippen LogP contribution in [-0.4, -0.2) is 48.6 Å². The summed E-state index contributed by atoms with van der Waals surface area (Å²) >= 11 is 0. The normalized spacial score (nSPS) is 18.3. The third kappa shape index (κ3) is 4.11. The summed E-state index contributed by atoms with van der Waals surface area (Å²) in [5.74, 6) is 0.959. The highest BCUT2D eigenvalue weighted by Crippen LogP contribution is 2.34. The van der Waals surface area contributed by atoms with Gasteiger partial charge in [0.15, 0.2) is 5.69 Å². The lowest BCUT2D eigenvalue weighted by atomic mass is 10.0. The predicted molar refractivity (Wildman–Crippen MR) is 115 cm³/mol. The maximum absolute atomic E-state index is 8.36. The molecule has 5 rings (SSSR count). The highest BCUT2D eigenvalue weighted by atomic mass is 16.5. The minimum atomic E-state index is -0.250. The smallest absolute Gasteiger partial charge is 0.290 e. The van der Waals surface area contributed by atoms with Crippen molar-refractivity contribution in [2.24, 2.45) is 0 Å². The van der Waals surface area contributed by atoms with Crippen LogP contribution in [0.15, 0.2) is 42.9 Å². The predicted octanol–water partition coefficient (Wildman–Crippen LogP) is 3.82. The van der Waals surface area contributed by atoms with E-state index in [-0.39, 0.29) is 12.6 Å². The van der Waals surface area contributed by atoms with Gasteiger partial charge < -0.3 is 14.4 Å². The van der Waals surface area contributed by atoms with Gasteiger partial charge in [-0.25, -0.2) is 9.83 Å². The van der Waals surface area contributed by atoms with Crippen molar-refractivity contribution in [3.8, 4) is 0 Å². The third-order valence-corrected chi connectivity index (χ3v) is 5.39. The molecule has 1 saturated heterocycles. The summed E-state index contributed by atoms with van der Waals surface area (Å²) in [6, 6.07) is 7.87. The molecular weight excluding hydrogens is 396 g/mol. The van der Waals surface area contributed by atoms with Crippen LogP contribution >= 0.6 is 0 Å². The Morgan fingerprint density at radius 3 is 2.94 bits per heavy atom. The number of benzene rings is 1. The molecule has 1 fully saturated rings. The van der Waals surface area contributed by atoms with E-state index in [4.69, 9.17) is 26.2 Å². The summed E-state index contributed by atoms with van der Waals surface area (Å²) in [7, 11) is 0. The van der Waals surface area contributed by atoms with E-state index in [1.165, 1.54) is 0 Å². The number of rotatable bonds is 3. The highest BCUT2D eigenvalue weighted by molar-refractivity contribution is 6.03. The van der Waals surface area contributed by atoms with Gasteiger partial charge in [0.05, 0.1) is 36.5 Å². The molecule has 4 heterocycles. The van der Waals surface area contributed by atoms with Crippen LogP contribution < -0.4 is 0 Å². The zero-order chi connectivity index (χ0) is 21.8. The van der Waals surface area contributed by atoms with Crippen molar-refractivity contribution in [1.82, 2.24) is 24.3 Å². The van der Waals surface area contributed by atoms with Gasteiger partial charge in [0.2, 0.25) is 0 Å². The van der Waals surface area contributed by atoms with Crippen molar-refractivity contribution in [3.05, 3.63) is 60.1 Å². The lowest BCUT2D eigenvalue weighted by molar-refractivity contribution is -0.122. The Morgan fingerprint density at radius 2 is 2.23 bits per heavy atom. The van der Waals surface area contributed by atoms with Crippen LogP contribution in [0.2, 0.25) is 0 Å². The Kier molecular flexibility index (Phi) is 5.91. The molecule has 0 amide bonds. The van der Waals surface area contributed by atoms with Crippen LogP contribution in [-0.2, 0) is 16.1 Å². The van der Waals surface area contributed by atoms with Crippen LogP contribution in [0.3, 0.4) is 0 Å². The van der Waals surface area contributed by atoms with Crippen LogP contribution in [0, 0.1) is 6.57 Å². The Balaban J connectivity index is 0.000000730. The Morgan fingerprint density at radius 1 is 1.39 bits per heavy atom. The second-order valence-corrected chi connectivity index (χ2v) is 7.37. The van der Waals surface area contributed by atoms with E-state index >= 15 is 0 Å². The van der Waals surface area contributed by atoms with Crippen LogP contribution in [0.4, 0.5) is 5.69 Å². The molecule has 0 unspecified atom stereocenters. The fourth-order valence-electron chi connectivity index (χ4n) is 4.14. The lowest BCUT2D eigenvalue weighted by Crippen LogP contribution is -2.27. The minimum absolute atomic E-state index is 0.209. The monoisotopic (exact) mass is 418 g/mol. The topological polar surface area (TPSA) is 99.4 Å². The van der Waals surface area contributed by atoms with E-state index in [1.807, 2.05) is 41.3 Å². The van der Waals surface area contributed by atoms with Crippen molar-refractivity contribution in [2.75, 3.05) is 6.61 Å². The summed E-state index contributed by atoms with van der Waals surface area (Å²) < 4.78 is 10.0. The first-order valence-electron chi connectivity index (χ1n) is 9.98. The van der Waals surface area contributed by atoms with Crippen LogP contribution in [0.5, 0.6) is 0 Å². The van der Waals surface area contributed by atoms with Crippen molar-refractivity contribution < 1.29 is 14.6 Å². The van der Waals surface area contributed by atoms with Gasteiger partial charge >= 0.3 is 0 Å². The fourth-order valence-corrected chi connectivity index (χ4v) is 4.14. The Labute approximate surface area is 178 Å². The molecular formula is C22H22N6O3. The average Bonchev–Trinajstić information content (AvgIpc) is 3.41. The molecule has 9 heteroatoms. The molecule has 0 saturated carbocycles. The van der Waals surface area contributed by atoms with E-state index < -0.39 is 0 Å². The number of ether oxygens (including phenoxy) is 1. The molecule has 0 aliphatic carbocycles. The number of fused-ring (bicyclic) bond motifs is 3. The number of carbonyl (C=O) groups is 1. The summed E-state index contributed by atoms with van der Waals surface area (Å²) in [4.78, 5) is 21.5. The summed E-state index contributed by atoms with van der Waals surface area (Å²) in [6.07, 6.45) is 7.64. The van der Waals surface area contributed by atoms with Gasteiger partial charge in [0.1, 0.15) is 11.3 Å². The number of aromatic nitrogens is 5. The number of carboxylic acid groups (broad SMARTS) is 1. The molecule has 31 heavy (non-hydrogen) atoms. The molecule has 0 spiro atoms. The minimum Gasteiger partial charge on any atom is -0.483 e. The summed E-state index contributed by atoms with van der Waals surface area (Å²) in [6.45, 7) is 10.6. The SMILES string of the molecule is O=CO.[C-]#[N+]c1ccc2ncc3nc(Cn4cccn4)n([C@@H]4CCO[C@H](C)C4)c3c2c1. The molecule has 1 N–H and O–H groups in total. The molecule has 4 aromatic rings. The van der Waals surface area contributed by atoms with Gasteiger partial charge in [-0.15, -0.1) is 0 Å². The van der Waals surface area contributed by atoms with Crippen molar-refractivity contribution in [3.63, 3.8) is 0 Å². The zero-order valence-electron chi connectivity index (χ0n) is 17.0. The molecule has 0 radical (unpaired) electrons. The quantitative estimate of drug-likeness (QED) is 0.401. The van der Waals surface area contributed by atoms with Gasteiger partial charge in [-0.05, 0) is 38.0 Å². The third-order valence-electron chi connectivity index (χ3n) is 5.39. The van der Waals surface area contributed by atoms with Crippen molar-refractivity contribution in [2.45, 2.75) is 38.5 Å². The second kappa shape index (κ2) is 8.93. The van der Waals surface area contributed by atoms with Gasteiger partial charge in [-0.2, -0.15) is 5.10 Å². The first-order chi connectivity index (χ1) is 15.1. The largest absolute Gasteiger partial charge is 0.483 e. The molecule has 2 atom stereocenters. The van der Waals surface area contributed by atoms with E-state index in [0.717, 1.165) is 47.2 Å². The summed E-state index contributed by atoms with van der Waals surface area (Å²) in [5, 5.41) is 12.2. The molecule has 9 nitrogen and oxygen atoms in total. The van der Waals surface area contributed by atoms with Crippen molar-refractivity contribution >= 4 is 34.1 Å². The first kappa shape index (κ1) is 20.5. The molecule has 1 aromatic carbocycles. The standard InChI is InChI=1S/C21H20N6O.CH2O2/c1-14-10-16(6-9-28-14)27-20(13-26-8-3-7-24-26)25-19-12-23-18-5-4-15(22-2)11-17(18)21(19)27;2-1-3/h3-5,7-8,11-12,14,16H,6,9-10,13H2,1H3;1H,(H,2,3)/t14-,16-;/m1./s1. The van der Waals surface area contributed by atoms with E-state index in [0.29, 0.717) is 18.3 Å². The molecule has 3 aromatic heterocycles. The van der Waals surface area contributed by atoms with E-state index in [2.05, 4.69) is 26.4 Å². The molecule has 1 aliphatic rings. The van der Waals surface area contributed by atoms with Crippen LogP contribution in [0.25, 0.3) is 26.8 Å². The zero-order valence-corrected chi connectivity index (χ0v) is 17.0.